The van der Waals surface area contributed by atoms with Crippen molar-refractivity contribution in [1.29, 1.82) is 0 Å². The van der Waals surface area contributed by atoms with E-state index < -0.39 is 22.7 Å². The third kappa shape index (κ3) is 8.03. The fraction of sp³-hybridized carbons (Fsp3) is 0.400. The molecule has 30 heavy (non-hydrogen) atoms. The Labute approximate surface area is 183 Å². The summed E-state index contributed by atoms with van der Waals surface area (Å²) in [5, 5.41) is 5.05. The molecule has 1 aromatic heterocycles. The third-order valence-corrected chi connectivity index (χ3v) is 4.79. The first-order valence-electron chi connectivity index (χ1n) is 9.03. The number of hydrogen-bond donors (Lipinski definition) is 1. The molecule has 0 bridgehead atoms. The van der Waals surface area contributed by atoms with Gasteiger partial charge in [-0.05, 0) is 47.6 Å². The van der Waals surface area contributed by atoms with Crippen molar-refractivity contribution in [3.63, 3.8) is 0 Å². The highest BCUT2D eigenvalue weighted by Crippen LogP contribution is 2.30. The van der Waals surface area contributed by atoms with Gasteiger partial charge in [0, 0.05) is 28.3 Å². The van der Waals surface area contributed by atoms with Gasteiger partial charge in [0.25, 0.3) is 0 Å². The lowest BCUT2D eigenvalue weighted by Crippen LogP contribution is -2.24. The Morgan fingerprint density at radius 1 is 1.10 bits per heavy atom. The van der Waals surface area contributed by atoms with Crippen LogP contribution in [0, 0.1) is 0 Å². The number of aromatic nitrogens is 1. The summed E-state index contributed by atoms with van der Waals surface area (Å²) in [4.78, 5) is 32.7. The van der Waals surface area contributed by atoms with E-state index in [-0.39, 0.29) is 5.84 Å². The van der Waals surface area contributed by atoms with Crippen LogP contribution in [0.1, 0.15) is 47.1 Å². The Balaban J connectivity index is 2.08. The molecule has 1 heterocycles. The van der Waals surface area contributed by atoms with Crippen LogP contribution in [0.5, 0.6) is 0 Å². The molecule has 0 radical (unpaired) electrons. The SMILES string of the molecule is CC(C)(C)OC(=O)O/N=C(\N)c1cccc(-c2csc(SC(=O)OC(C)(C)C)n2)c1. The topological polar surface area (TPSA) is 113 Å². The molecule has 0 amide bonds. The Morgan fingerprint density at radius 3 is 2.40 bits per heavy atom. The van der Waals surface area contributed by atoms with E-state index in [1.54, 1.807) is 39.0 Å². The highest BCUT2D eigenvalue weighted by Gasteiger charge is 2.20. The Kier molecular flexibility index (Phi) is 7.49. The van der Waals surface area contributed by atoms with Crippen LogP contribution in [-0.2, 0) is 14.3 Å². The molecule has 0 unspecified atom stereocenters. The fourth-order valence-corrected chi connectivity index (χ4v) is 3.70. The van der Waals surface area contributed by atoms with Gasteiger partial charge in [-0.1, -0.05) is 23.4 Å². The third-order valence-electron chi connectivity index (χ3n) is 3.11. The summed E-state index contributed by atoms with van der Waals surface area (Å²) in [7, 11) is 0. The van der Waals surface area contributed by atoms with Gasteiger partial charge in [0.1, 0.15) is 11.2 Å². The van der Waals surface area contributed by atoms with Crippen LogP contribution < -0.4 is 5.73 Å². The second-order valence-electron chi connectivity index (χ2n) is 8.18. The second-order valence-corrected chi connectivity index (χ2v) is 10.2. The van der Waals surface area contributed by atoms with Crippen molar-refractivity contribution in [3.8, 4) is 11.3 Å². The standard InChI is InChI=1S/C20H25N3O5S2/c1-19(2,3)26-17(24)28-23-15(21)13-9-7-8-12(10-13)14-11-29-16(22-14)30-18(25)27-20(4,5)6/h7-11H,1-6H3,(H2,21,23). The molecule has 0 fully saturated rings. The maximum absolute atomic E-state index is 12.0. The molecule has 162 valence electrons. The van der Waals surface area contributed by atoms with Gasteiger partial charge >= 0.3 is 11.5 Å². The van der Waals surface area contributed by atoms with Crippen LogP contribution in [-0.4, -0.2) is 33.5 Å². The van der Waals surface area contributed by atoms with Crippen molar-refractivity contribution < 1.29 is 23.9 Å². The summed E-state index contributed by atoms with van der Waals surface area (Å²) >= 11 is 2.27. The number of benzene rings is 1. The highest BCUT2D eigenvalue weighted by atomic mass is 32.2. The van der Waals surface area contributed by atoms with E-state index in [1.807, 2.05) is 32.2 Å². The first-order valence-corrected chi connectivity index (χ1v) is 10.7. The summed E-state index contributed by atoms with van der Waals surface area (Å²) in [5.41, 5.74) is 6.66. The van der Waals surface area contributed by atoms with Crippen LogP contribution in [0.15, 0.2) is 39.1 Å². The number of carbonyl (C=O) groups excluding carboxylic acids is 2. The van der Waals surface area contributed by atoms with E-state index in [0.717, 1.165) is 17.3 Å². The number of nitrogens with two attached hydrogens (primary N) is 1. The van der Waals surface area contributed by atoms with Crippen LogP contribution >= 0.6 is 23.1 Å². The zero-order chi connectivity index (χ0) is 22.5. The molecule has 0 atom stereocenters. The minimum Gasteiger partial charge on any atom is -0.452 e. The van der Waals surface area contributed by atoms with Crippen molar-refractivity contribution in [2.45, 2.75) is 57.1 Å². The normalized spacial score (nSPS) is 12.4. The molecule has 2 N–H and O–H groups in total. The van der Waals surface area contributed by atoms with E-state index in [9.17, 15) is 9.59 Å². The zero-order valence-corrected chi connectivity index (χ0v) is 19.3. The number of nitrogens with zero attached hydrogens (tertiary/aromatic N) is 2. The predicted molar refractivity (Wildman–Crippen MR) is 118 cm³/mol. The molecule has 0 aliphatic rings. The molecular formula is C20H25N3O5S2. The second kappa shape index (κ2) is 9.48. The minimum atomic E-state index is -0.940. The number of hydrogen-bond acceptors (Lipinski definition) is 9. The summed E-state index contributed by atoms with van der Waals surface area (Å²) in [6.45, 7) is 10.6. The van der Waals surface area contributed by atoms with Gasteiger partial charge in [0.05, 0.1) is 5.69 Å². The average molecular weight is 452 g/mol. The largest absolute Gasteiger partial charge is 0.535 e. The van der Waals surface area contributed by atoms with Gasteiger partial charge in [-0.3, -0.25) is 4.84 Å². The summed E-state index contributed by atoms with van der Waals surface area (Å²) in [6.07, 6.45) is -0.940. The number of amidine groups is 1. The molecule has 10 heteroatoms. The maximum atomic E-state index is 12.0. The molecule has 0 aliphatic carbocycles. The predicted octanol–water partition coefficient (Wildman–Crippen LogP) is 5.41. The van der Waals surface area contributed by atoms with Gasteiger partial charge in [-0.2, -0.15) is 0 Å². The van der Waals surface area contributed by atoms with Crippen molar-refractivity contribution in [2.24, 2.45) is 10.9 Å². The Hall–Kier alpha value is -2.59. The van der Waals surface area contributed by atoms with Crippen LogP contribution in [0.2, 0.25) is 0 Å². The highest BCUT2D eigenvalue weighted by molar-refractivity contribution is 8.14. The molecule has 0 spiro atoms. The number of carbonyl (C=O) groups is 2. The molecule has 0 aliphatic heterocycles. The van der Waals surface area contributed by atoms with Gasteiger partial charge in [-0.15, -0.1) is 11.3 Å². The first kappa shape index (κ1) is 23.7. The molecule has 0 saturated heterocycles. The minimum absolute atomic E-state index is 0.0151. The van der Waals surface area contributed by atoms with E-state index in [1.165, 1.54) is 11.3 Å². The van der Waals surface area contributed by atoms with E-state index in [0.29, 0.717) is 15.6 Å². The lowest BCUT2D eigenvalue weighted by atomic mass is 10.1. The number of oxime groups is 1. The monoisotopic (exact) mass is 451 g/mol. The van der Waals surface area contributed by atoms with Crippen molar-refractivity contribution >= 4 is 40.4 Å². The van der Waals surface area contributed by atoms with Crippen molar-refractivity contribution in [1.82, 2.24) is 4.98 Å². The van der Waals surface area contributed by atoms with E-state index in [4.69, 9.17) is 20.0 Å². The molecule has 0 saturated carbocycles. The van der Waals surface area contributed by atoms with Crippen LogP contribution in [0.3, 0.4) is 0 Å². The molecular weight excluding hydrogens is 426 g/mol. The average Bonchev–Trinajstić information content (AvgIpc) is 3.05. The number of thiazole rings is 1. The van der Waals surface area contributed by atoms with Gasteiger partial charge in [0.15, 0.2) is 10.2 Å². The maximum Gasteiger partial charge on any atom is 0.535 e. The van der Waals surface area contributed by atoms with Crippen LogP contribution in [0.25, 0.3) is 11.3 Å². The zero-order valence-electron chi connectivity index (χ0n) is 17.7. The number of rotatable bonds is 4. The smallest absolute Gasteiger partial charge is 0.452 e. The summed E-state index contributed by atoms with van der Waals surface area (Å²) in [5.74, 6) is 0.0151. The number of thioether (sulfide) groups is 1. The Bertz CT molecular complexity index is 942. The number of ether oxygens (including phenoxy) is 2. The van der Waals surface area contributed by atoms with Crippen molar-refractivity contribution in [3.05, 3.63) is 35.2 Å². The van der Waals surface area contributed by atoms with E-state index in [2.05, 4.69) is 10.1 Å². The molecule has 2 rings (SSSR count). The van der Waals surface area contributed by atoms with Crippen molar-refractivity contribution in [2.75, 3.05) is 0 Å². The first-order chi connectivity index (χ1) is 13.8. The summed E-state index contributed by atoms with van der Waals surface area (Å²) in [6, 6.07) is 7.11. The quantitative estimate of drug-likeness (QED) is 0.164. The summed E-state index contributed by atoms with van der Waals surface area (Å²) < 4.78 is 10.9. The lowest BCUT2D eigenvalue weighted by molar-refractivity contribution is -0.00625. The van der Waals surface area contributed by atoms with Gasteiger partial charge in [0.2, 0.25) is 0 Å². The molecule has 8 nitrogen and oxygen atoms in total. The lowest BCUT2D eigenvalue weighted by Gasteiger charge is -2.18. The van der Waals surface area contributed by atoms with Gasteiger partial charge in [-0.25, -0.2) is 14.6 Å². The fourth-order valence-electron chi connectivity index (χ4n) is 2.02. The van der Waals surface area contributed by atoms with Gasteiger partial charge < -0.3 is 15.2 Å². The molecule has 1 aromatic carbocycles. The Morgan fingerprint density at radius 2 is 1.77 bits per heavy atom. The molecule has 2 aromatic rings. The van der Waals surface area contributed by atoms with E-state index >= 15 is 0 Å². The van der Waals surface area contributed by atoms with Crippen LogP contribution in [0.4, 0.5) is 9.59 Å².